The summed E-state index contributed by atoms with van der Waals surface area (Å²) in [5.74, 6) is -0.0444. The molecular weight excluding hydrogens is 312 g/mol. The van der Waals surface area contributed by atoms with Gasteiger partial charge in [-0.1, -0.05) is 55.0 Å². The Hall–Kier alpha value is -2.17. The molecule has 2 N–H and O–H groups in total. The SMILES string of the molecule is O=C(NCCN1CCCC[C@@H]1CO)c1ccccc1-c1ccccc1. The monoisotopic (exact) mass is 338 g/mol. The van der Waals surface area contributed by atoms with Crippen molar-refractivity contribution in [2.75, 3.05) is 26.2 Å². The largest absolute Gasteiger partial charge is 0.395 e. The Kier molecular flexibility index (Phi) is 6.20. The van der Waals surface area contributed by atoms with Crippen LogP contribution in [0.3, 0.4) is 0 Å². The van der Waals surface area contributed by atoms with Crippen LogP contribution in [-0.4, -0.2) is 48.2 Å². The number of nitrogens with one attached hydrogen (secondary N) is 1. The van der Waals surface area contributed by atoms with E-state index in [0.29, 0.717) is 12.1 Å². The highest BCUT2D eigenvalue weighted by molar-refractivity contribution is 6.00. The maximum Gasteiger partial charge on any atom is 0.251 e. The van der Waals surface area contributed by atoms with E-state index in [-0.39, 0.29) is 18.6 Å². The number of rotatable bonds is 6. The minimum atomic E-state index is -0.0444. The first-order chi connectivity index (χ1) is 12.3. The van der Waals surface area contributed by atoms with Gasteiger partial charge in [-0.25, -0.2) is 0 Å². The molecule has 1 amide bonds. The third-order valence-electron chi connectivity index (χ3n) is 4.90. The van der Waals surface area contributed by atoms with Crippen LogP contribution in [0.25, 0.3) is 11.1 Å². The molecule has 1 fully saturated rings. The Balaban J connectivity index is 1.62. The summed E-state index contributed by atoms with van der Waals surface area (Å²) in [6, 6.07) is 17.9. The maximum absolute atomic E-state index is 12.7. The average molecular weight is 338 g/mol. The Morgan fingerprint density at radius 3 is 2.64 bits per heavy atom. The van der Waals surface area contributed by atoms with Crippen molar-refractivity contribution < 1.29 is 9.90 Å². The van der Waals surface area contributed by atoms with E-state index in [1.165, 1.54) is 12.8 Å². The third kappa shape index (κ3) is 4.47. The van der Waals surface area contributed by atoms with Gasteiger partial charge < -0.3 is 10.4 Å². The third-order valence-corrected chi connectivity index (χ3v) is 4.90. The molecule has 2 aromatic rings. The molecule has 0 radical (unpaired) electrons. The van der Waals surface area contributed by atoms with Crippen LogP contribution in [0.5, 0.6) is 0 Å². The average Bonchev–Trinajstić information content (AvgIpc) is 2.69. The molecule has 3 rings (SSSR count). The molecule has 0 aliphatic carbocycles. The van der Waals surface area contributed by atoms with Crippen molar-refractivity contribution in [2.24, 2.45) is 0 Å². The number of nitrogens with zero attached hydrogens (tertiary/aromatic N) is 1. The van der Waals surface area contributed by atoms with Gasteiger partial charge in [0.25, 0.3) is 5.91 Å². The van der Waals surface area contributed by atoms with Gasteiger partial charge in [-0.3, -0.25) is 9.69 Å². The zero-order valence-electron chi connectivity index (χ0n) is 14.5. The normalized spacial score (nSPS) is 18.0. The second-order valence-electron chi connectivity index (χ2n) is 6.54. The summed E-state index contributed by atoms with van der Waals surface area (Å²) in [5.41, 5.74) is 2.70. The summed E-state index contributed by atoms with van der Waals surface area (Å²) in [4.78, 5) is 14.9. The molecule has 0 saturated carbocycles. The number of aliphatic hydroxyl groups is 1. The standard InChI is InChI=1S/C21H26N2O2/c24-16-18-10-6-7-14-23(18)15-13-22-21(25)20-12-5-4-11-19(20)17-8-2-1-3-9-17/h1-5,8-9,11-12,18,24H,6-7,10,13-16H2,(H,22,25)/t18-/m1/s1. The van der Waals surface area contributed by atoms with E-state index in [2.05, 4.69) is 10.2 Å². The Labute approximate surface area is 149 Å². The van der Waals surface area contributed by atoms with Crippen LogP contribution in [0, 0.1) is 0 Å². The highest BCUT2D eigenvalue weighted by Crippen LogP contribution is 2.23. The van der Waals surface area contributed by atoms with Crippen LogP contribution in [-0.2, 0) is 0 Å². The molecule has 0 bridgehead atoms. The molecule has 25 heavy (non-hydrogen) atoms. The van der Waals surface area contributed by atoms with Crippen LogP contribution in [0.1, 0.15) is 29.6 Å². The van der Waals surface area contributed by atoms with Gasteiger partial charge in [-0.2, -0.15) is 0 Å². The Bertz CT molecular complexity index is 687. The van der Waals surface area contributed by atoms with E-state index < -0.39 is 0 Å². The molecule has 132 valence electrons. The van der Waals surface area contributed by atoms with Crippen molar-refractivity contribution in [1.29, 1.82) is 0 Å². The summed E-state index contributed by atoms with van der Waals surface area (Å²) in [6.45, 7) is 2.58. The smallest absolute Gasteiger partial charge is 0.251 e. The van der Waals surface area contributed by atoms with Crippen LogP contribution in [0.2, 0.25) is 0 Å². The lowest BCUT2D eigenvalue weighted by Gasteiger charge is -2.34. The summed E-state index contributed by atoms with van der Waals surface area (Å²) in [7, 11) is 0. The van der Waals surface area contributed by atoms with Gasteiger partial charge in [-0.15, -0.1) is 0 Å². The summed E-state index contributed by atoms with van der Waals surface area (Å²) >= 11 is 0. The molecule has 0 spiro atoms. The summed E-state index contributed by atoms with van der Waals surface area (Å²) < 4.78 is 0. The molecular formula is C21H26N2O2. The van der Waals surface area contributed by atoms with Crippen LogP contribution in [0.4, 0.5) is 0 Å². The summed E-state index contributed by atoms with van der Waals surface area (Å²) in [5, 5.41) is 12.5. The number of carbonyl (C=O) groups is 1. The number of piperidine rings is 1. The predicted octanol–water partition coefficient (Wildman–Crippen LogP) is 2.93. The lowest BCUT2D eigenvalue weighted by Crippen LogP contribution is -2.45. The lowest BCUT2D eigenvalue weighted by molar-refractivity contribution is 0.0849. The Morgan fingerprint density at radius 1 is 1.08 bits per heavy atom. The molecule has 4 heteroatoms. The highest BCUT2D eigenvalue weighted by Gasteiger charge is 2.21. The van der Waals surface area contributed by atoms with Gasteiger partial charge in [0.2, 0.25) is 0 Å². The van der Waals surface area contributed by atoms with E-state index in [1.807, 2.05) is 54.6 Å². The second kappa shape index (κ2) is 8.79. The minimum Gasteiger partial charge on any atom is -0.395 e. The van der Waals surface area contributed by atoms with E-state index in [0.717, 1.165) is 30.6 Å². The van der Waals surface area contributed by atoms with E-state index in [4.69, 9.17) is 0 Å². The molecule has 1 heterocycles. The van der Waals surface area contributed by atoms with E-state index in [1.54, 1.807) is 0 Å². The molecule has 0 unspecified atom stereocenters. The van der Waals surface area contributed by atoms with Crippen molar-refractivity contribution in [3.05, 3.63) is 60.2 Å². The van der Waals surface area contributed by atoms with Crippen molar-refractivity contribution >= 4 is 5.91 Å². The molecule has 4 nitrogen and oxygen atoms in total. The lowest BCUT2D eigenvalue weighted by atomic mass is 9.99. The first-order valence-electron chi connectivity index (χ1n) is 9.07. The number of aliphatic hydroxyl groups excluding tert-OH is 1. The van der Waals surface area contributed by atoms with Crippen molar-refractivity contribution in [3.8, 4) is 11.1 Å². The first-order valence-corrected chi connectivity index (χ1v) is 9.07. The molecule has 2 aromatic carbocycles. The fourth-order valence-electron chi connectivity index (χ4n) is 3.52. The van der Waals surface area contributed by atoms with Gasteiger partial charge in [0.1, 0.15) is 0 Å². The highest BCUT2D eigenvalue weighted by atomic mass is 16.3. The van der Waals surface area contributed by atoms with Gasteiger partial charge in [-0.05, 0) is 36.6 Å². The van der Waals surface area contributed by atoms with Crippen LogP contribution < -0.4 is 5.32 Å². The van der Waals surface area contributed by atoms with Crippen LogP contribution >= 0.6 is 0 Å². The zero-order chi connectivity index (χ0) is 17.5. The van der Waals surface area contributed by atoms with Crippen molar-refractivity contribution in [2.45, 2.75) is 25.3 Å². The molecule has 1 saturated heterocycles. The molecule has 1 aliphatic rings. The first kappa shape index (κ1) is 17.6. The van der Waals surface area contributed by atoms with Crippen molar-refractivity contribution in [1.82, 2.24) is 10.2 Å². The molecule has 0 aromatic heterocycles. The minimum absolute atomic E-state index is 0.0444. The number of carbonyl (C=O) groups excluding carboxylic acids is 1. The molecule has 1 aliphatic heterocycles. The van der Waals surface area contributed by atoms with Gasteiger partial charge in [0.15, 0.2) is 0 Å². The van der Waals surface area contributed by atoms with Gasteiger partial charge >= 0.3 is 0 Å². The van der Waals surface area contributed by atoms with Crippen LogP contribution in [0.15, 0.2) is 54.6 Å². The Morgan fingerprint density at radius 2 is 1.84 bits per heavy atom. The van der Waals surface area contributed by atoms with Gasteiger partial charge in [0, 0.05) is 24.7 Å². The number of amides is 1. The van der Waals surface area contributed by atoms with E-state index >= 15 is 0 Å². The quantitative estimate of drug-likeness (QED) is 0.851. The summed E-state index contributed by atoms with van der Waals surface area (Å²) in [6.07, 6.45) is 3.39. The van der Waals surface area contributed by atoms with E-state index in [9.17, 15) is 9.90 Å². The fourth-order valence-corrected chi connectivity index (χ4v) is 3.52. The molecule has 1 atom stereocenters. The van der Waals surface area contributed by atoms with Gasteiger partial charge in [0.05, 0.1) is 6.61 Å². The number of hydrogen-bond donors (Lipinski definition) is 2. The second-order valence-corrected chi connectivity index (χ2v) is 6.54. The zero-order valence-corrected chi connectivity index (χ0v) is 14.5. The topological polar surface area (TPSA) is 52.6 Å². The van der Waals surface area contributed by atoms with Crippen molar-refractivity contribution in [3.63, 3.8) is 0 Å². The fraction of sp³-hybridized carbons (Fsp3) is 0.381. The number of hydrogen-bond acceptors (Lipinski definition) is 3. The predicted molar refractivity (Wildman–Crippen MR) is 101 cm³/mol. The number of likely N-dealkylation sites (tertiary alicyclic amines) is 1. The number of benzene rings is 2. The maximum atomic E-state index is 12.7.